The average Bonchev–Trinajstić information content (AvgIpc) is 2.65. The van der Waals surface area contributed by atoms with Crippen molar-refractivity contribution in [2.24, 2.45) is 5.11 Å². The normalized spacial score (nSPS) is 37.1. The number of carbonyl (C=O) groups is 2. The summed E-state index contributed by atoms with van der Waals surface area (Å²) in [7, 11) is 0. The first-order valence-electron chi connectivity index (χ1n) is 5.59. The third kappa shape index (κ3) is 2.39. The van der Waals surface area contributed by atoms with Gasteiger partial charge < -0.3 is 9.84 Å². The molecule has 0 aromatic heterocycles. The Balaban J connectivity index is 2.31. The van der Waals surface area contributed by atoms with E-state index in [9.17, 15) is 19.1 Å². The van der Waals surface area contributed by atoms with E-state index >= 15 is 0 Å². The van der Waals surface area contributed by atoms with E-state index in [1.165, 1.54) is 0 Å². The molecule has 0 spiro atoms. The molecule has 0 aliphatic carbocycles. The zero-order valence-corrected chi connectivity index (χ0v) is 12.2. The van der Waals surface area contributed by atoms with Gasteiger partial charge >= 0.3 is 0 Å². The summed E-state index contributed by atoms with van der Waals surface area (Å²) < 4.78 is 19.4. The van der Waals surface area contributed by atoms with Crippen LogP contribution >= 0.6 is 22.6 Å². The van der Waals surface area contributed by atoms with E-state index in [-0.39, 0.29) is 16.6 Å². The number of halogens is 2. The van der Waals surface area contributed by atoms with Gasteiger partial charge in [-0.2, -0.15) is 0 Å². The van der Waals surface area contributed by atoms with Crippen molar-refractivity contribution in [1.82, 2.24) is 4.90 Å². The third-order valence-corrected chi connectivity index (χ3v) is 4.15. The Morgan fingerprint density at radius 1 is 1.70 bits per heavy atom. The molecule has 8 nitrogen and oxygen atoms in total. The summed E-state index contributed by atoms with van der Waals surface area (Å²) in [5, 5.41) is 13.2. The number of azide groups is 1. The number of rotatable bonds is 3. The van der Waals surface area contributed by atoms with Crippen LogP contribution < -0.4 is 0 Å². The van der Waals surface area contributed by atoms with Crippen LogP contribution in [0.1, 0.15) is 6.42 Å². The van der Waals surface area contributed by atoms with Crippen molar-refractivity contribution in [1.29, 1.82) is 0 Å². The zero-order valence-electron chi connectivity index (χ0n) is 10.0. The van der Waals surface area contributed by atoms with Crippen molar-refractivity contribution < 1.29 is 23.8 Å². The number of ether oxygens (including phenoxy) is 1. The molecule has 0 radical (unpaired) electrons. The van der Waals surface area contributed by atoms with Crippen LogP contribution in [-0.4, -0.2) is 50.4 Å². The third-order valence-electron chi connectivity index (χ3n) is 3.06. The number of allylic oxidation sites excluding steroid dienone is 1. The first-order chi connectivity index (χ1) is 9.45. The number of alkyl halides is 2. The number of aliphatic hydroxyl groups is 1. The van der Waals surface area contributed by atoms with Crippen LogP contribution in [0.15, 0.2) is 17.4 Å². The number of ketones is 1. The minimum absolute atomic E-state index is 0.0335. The van der Waals surface area contributed by atoms with E-state index in [1.54, 1.807) is 22.6 Å². The van der Waals surface area contributed by atoms with Gasteiger partial charge in [-0.05, 0) is 11.6 Å². The van der Waals surface area contributed by atoms with Crippen LogP contribution in [-0.2, 0) is 14.3 Å². The molecule has 1 saturated heterocycles. The van der Waals surface area contributed by atoms with Gasteiger partial charge in [0.05, 0.1) is 6.42 Å². The monoisotopic (exact) mass is 396 g/mol. The van der Waals surface area contributed by atoms with Gasteiger partial charge in [0.1, 0.15) is 6.10 Å². The van der Waals surface area contributed by atoms with Gasteiger partial charge in [0.2, 0.25) is 5.91 Å². The summed E-state index contributed by atoms with van der Waals surface area (Å²) in [6.07, 6.45) is -3.08. The Morgan fingerprint density at radius 2 is 2.40 bits per heavy atom. The van der Waals surface area contributed by atoms with Crippen molar-refractivity contribution in [3.63, 3.8) is 0 Å². The largest absolute Gasteiger partial charge is 0.385 e. The molecule has 0 unspecified atom stereocenters. The van der Waals surface area contributed by atoms with E-state index in [4.69, 9.17) is 10.3 Å². The van der Waals surface area contributed by atoms with Gasteiger partial charge in [0, 0.05) is 15.5 Å². The number of aliphatic hydroxyl groups excluding tert-OH is 1. The number of hydrogen-bond acceptors (Lipinski definition) is 5. The summed E-state index contributed by atoms with van der Waals surface area (Å²) in [4.78, 5) is 26.3. The molecular formula is C10H10FIN4O4. The van der Waals surface area contributed by atoms with Crippen LogP contribution in [0.3, 0.4) is 0 Å². The summed E-state index contributed by atoms with van der Waals surface area (Å²) >= 11 is 1.76. The molecule has 2 aliphatic rings. The highest BCUT2D eigenvalue weighted by atomic mass is 127. The Morgan fingerprint density at radius 3 is 2.95 bits per heavy atom. The summed E-state index contributed by atoms with van der Waals surface area (Å²) in [5.74, 6) is -0.996. The smallest absolute Gasteiger partial charge is 0.236 e. The quantitative estimate of drug-likeness (QED) is 0.190. The second-order valence-electron chi connectivity index (χ2n) is 4.33. The standard InChI is InChI=1S/C10H10FIN4O4/c11-8-7(19)9(20-10(8,4-12)14-15-13)16-2-1-5(17)3-6(16)18/h1-2,7-9,19H,3-4H2/t7-,8+,9-,10-/m1/s1. The van der Waals surface area contributed by atoms with Crippen molar-refractivity contribution >= 4 is 34.3 Å². The maximum Gasteiger partial charge on any atom is 0.236 e. The van der Waals surface area contributed by atoms with Crippen molar-refractivity contribution in [3.8, 4) is 0 Å². The van der Waals surface area contributed by atoms with Crippen LogP contribution in [0.25, 0.3) is 10.4 Å². The van der Waals surface area contributed by atoms with Crippen molar-refractivity contribution in [2.75, 3.05) is 4.43 Å². The molecule has 0 saturated carbocycles. The highest BCUT2D eigenvalue weighted by Crippen LogP contribution is 2.38. The lowest BCUT2D eigenvalue weighted by Gasteiger charge is -2.29. The van der Waals surface area contributed by atoms with Gasteiger partial charge in [-0.15, -0.1) is 0 Å². The fraction of sp³-hybridized carbons (Fsp3) is 0.600. The maximum atomic E-state index is 14.2. The summed E-state index contributed by atoms with van der Waals surface area (Å²) in [5.41, 5.74) is 6.63. The van der Waals surface area contributed by atoms with Crippen molar-refractivity contribution in [2.45, 2.75) is 30.6 Å². The Bertz CT molecular complexity index is 523. The lowest BCUT2D eigenvalue weighted by atomic mass is 10.1. The number of amides is 1. The molecule has 1 amide bonds. The molecule has 0 bridgehead atoms. The van der Waals surface area contributed by atoms with E-state index in [2.05, 4.69) is 10.0 Å². The predicted octanol–water partition coefficient (Wildman–Crippen LogP) is 0.798. The predicted molar refractivity (Wildman–Crippen MR) is 72.1 cm³/mol. The molecule has 10 heteroatoms. The Labute approximate surface area is 126 Å². The fourth-order valence-corrected chi connectivity index (χ4v) is 2.79. The highest BCUT2D eigenvalue weighted by Gasteiger charge is 2.57. The minimum Gasteiger partial charge on any atom is -0.385 e. The molecule has 4 atom stereocenters. The topological polar surface area (TPSA) is 116 Å². The van der Waals surface area contributed by atoms with Gasteiger partial charge in [-0.3, -0.25) is 14.5 Å². The van der Waals surface area contributed by atoms with Gasteiger partial charge in [0.25, 0.3) is 0 Å². The van der Waals surface area contributed by atoms with E-state index in [0.29, 0.717) is 0 Å². The number of nitrogens with zero attached hydrogens (tertiary/aromatic N) is 4. The molecule has 2 aliphatic heterocycles. The first kappa shape index (κ1) is 15.2. The van der Waals surface area contributed by atoms with E-state index in [1.807, 2.05) is 0 Å². The Hall–Kier alpha value is -1.23. The molecule has 0 aromatic rings. The zero-order chi connectivity index (χ0) is 14.9. The highest BCUT2D eigenvalue weighted by molar-refractivity contribution is 14.1. The minimum atomic E-state index is -1.97. The summed E-state index contributed by atoms with van der Waals surface area (Å²) in [6, 6.07) is 0. The van der Waals surface area contributed by atoms with Gasteiger partial charge in [0.15, 0.2) is 23.9 Å². The fourth-order valence-electron chi connectivity index (χ4n) is 2.04. The second kappa shape index (κ2) is 5.64. The molecule has 20 heavy (non-hydrogen) atoms. The van der Waals surface area contributed by atoms with E-state index < -0.39 is 30.1 Å². The Kier molecular flexibility index (Phi) is 4.28. The van der Waals surface area contributed by atoms with Crippen LogP contribution in [0.5, 0.6) is 0 Å². The second-order valence-corrected chi connectivity index (χ2v) is 5.09. The molecule has 1 fully saturated rings. The van der Waals surface area contributed by atoms with Gasteiger partial charge in [-0.1, -0.05) is 27.7 Å². The van der Waals surface area contributed by atoms with Gasteiger partial charge in [-0.25, -0.2) is 4.39 Å². The van der Waals surface area contributed by atoms with Crippen LogP contribution in [0, 0.1) is 0 Å². The van der Waals surface area contributed by atoms with Crippen molar-refractivity contribution in [3.05, 3.63) is 22.7 Å². The summed E-state index contributed by atoms with van der Waals surface area (Å²) in [6.45, 7) is 0. The lowest BCUT2D eigenvalue weighted by Crippen LogP contribution is -2.45. The molecule has 0 aromatic carbocycles. The number of carbonyl (C=O) groups excluding carboxylic acids is 2. The lowest BCUT2D eigenvalue weighted by molar-refractivity contribution is -0.152. The molecule has 2 heterocycles. The van der Waals surface area contributed by atoms with E-state index in [0.717, 1.165) is 17.2 Å². The van der Waals surface area contributed by atoms with Crippen LogP contribution in [0.4, 0.5) is 4.39 Å². The molecule has 1 N–H and O–H groups in total. The van der Waals surface area contributed by atoms with Crippen LogP contribution in [0.2, 0.25) is 0 Å². The average molecular weight is 396 g/mol. The maximum absolute atomic E-state index is 14.2. The SMILES string of the molecule is [N-]=[N+]=N[C@]1(CI)O[C@@H](N2C=CC(=O)CC2=O)[C@H](O)[C@@H]1F. The molecule has 108 valence electrons. The molecular weight excluding hydrogens is 386 g/mol. The first-order valence-corrected chi connectivity index (χ1v) is 7.12. The number of hydrogen-bond donors (Lipinski definition) is 1. The molecule has 2 rings (SSSR count).